The molecule has 1 aromatic rings. The van der Waals surface area contributed by atoms with Gasteiger partial charge in [-0.1, -0.05) is 30.2 Å². The fourth-order valence-electron chi connectivity index (χ4n) is 2.81. The van der Waals surface area contributed by atoms with Gasteiger partial charge in [0.1, 0.15) is 17.7 Å². The number of hydrogen-bond donors (Lipinski definition) is 1. The van der Waals surface area contributed by atoms with E-state index in [9.17, 15) is 14.4 Å². The van der Waals surface area contributed by atoms with Crippen molar-refractivity contribution < 1.29 is 9.18 Å². The molecule has 33 heavy (non-hydrogen) atoms. The summed E-state index contributed by atoms with van der Waals surface area (Å²) in [6, 6.07) is 7.67. The summed E-state index contributed by atoms with van der Waals surface area (Å²) in [6.07, 6.45) is 9.73. The van der Waals surface area contributed by atoms with Crippen LogP contribution in [0, 0.1) is 28.5 Å². The predicted molar refractivity (Wildman–Crippen MR) is 127 cm³/mol. The Labute approximate surface area is 194 Å². The first-order chi connectivity index (χ1) is 15.8. The molecule has 0 bridgehead atoms. The third-order valence-corrected chi connectivity index (χ3v) is 5.00. The second-order valence-corrected chi connectivity index (χ2v) is 7.71. The maximum absolute atomic E-state index is 13.8. The van der Waals surface area contributed by atoms with Gasteiger partial charge in [-0.3, -0.25) is 10.2 Å². The van der Waals surface area contributed by atoms with E-state index in [1.807, 2.05) is 19.9 Å². The summed E-state index contributed by atoms with van der Waals surface area (Å²) in [4.78, 5) is 18.9. The Morgan fingerprint density at radius 2 is 2.00 bits per heavy atom. The molecule has 6 nitrogen and oxygen atoms in total. The summed E-state index contributed by atoms with van der Waals surface area (Å²) in [5.74, 6) is -0.186. The number of benzene rings is 1. The zero-order chi connectivity index (χ0) is 24.4. The molecule has 0 spiro atoms. The Bertz CT molecular complexity index is 1140. The number of carbonyl (C=O) groups is 1. The van der Waals surface area contributed by atoms with Crippen LogP contribution < -0.4 is 5.32 Å². The zero-order valence-electron chi connectivity index (χ0n) is 19.4. The zero-order valence-corrected chi connectivity index (χ0v) is 19.4. The first kappa shape index (κ1) is 25.3. The van der Waals surface area contributed by atoms with Crippen molar-refractivity contribution >= 4 is 11.9 Å². The van der Waals surface area contributed by atoms with E-state index in [0.29, 0.717) is 22.7 Å². The normalized spacial score (nSPS) is 14.3. The Kier molecular flexibility index (Phi) is 9.32. The van der Waals surface area contributed by atoms with Gasteiger partial charge in [-0.05, 0) is 69.9 Å². The average Bonchev–Trinajstić information content (AvgIpc) is 3.64. The molecule has 0 saturated heterocycles. The van der Waals surface area contributed by atoms with Crippen LogP contribution in [0.5, 0.6) is 0 Å². The number of carbonyl (C=O) groups excluding carboxylic acids is 1. The van der Waals surface area contributed by atoms with Crippen LogP contribution in [-0.2, 0) is 6.54 Å². The highest BCUT2D eigenvalue weighted by Gasteiger charge is 2.19. The number of halogens is 1. The Balaban J connectivity index is 2.42. The first-order valence-electron chi connectivity index (χ1n) is 10.8. The van der Waals surface area contributed by atoms with Gasteiger partial charge >= 0.3 is 6.03 Å². The fourth-order valence-corrected chi connectivity index (χ4v) is 2.81. The third-order valence-electron chi connectivity index (χ3n) is 5.00. The SMILES string of the molecule is C\C=C(/C=C(C#N)\C=C(/C)CC)N(Cc1ccc(F)c(C#N)c1)C(=O)NC(C)=NC=C1CC1. The van der Waals surface area contributed by atoms with Crippen molar-refractivity contribution in [1.82, 2.24) is 10.2 Å². The van der Waals surface area contributed by atoms with Gasteiger partial charge in [0, 0.05) is 11.9 Å². The summed E-state index contributed by atoms with van der Waals surface area (Å²) in [5, 5.41) is 21.5. The van der Waals surface area contributed by atoms with Crippen LogP contribution in [-0.4, -0.2) is 16.8 Å². The van der Waals surface area contributed by atoms with Gasteiger partial charge in [0.05, 0.1) is 23.8 Å². The van der Waals surface area contributed by atoms with Crippen molar-refractivity contribution in [2.45, 2.75) is 53.5 Å². The summed E-state index contributed by atoms with van der Waals surface area (Å²) in [7, 11) is 0. The van der Waals surface area contributed by atoms with E-state index in [1.54, 1.807) is 38.3 Å². The molecule has 1 N–H and O–H groups in total. The lowest BCUT2D eigenvalue weighted by atomic mass is 10.1. The Morgan fingerprint density at radius 1 is 1.27 bits per heavy atom. The molecule has 0 atom stereocenters. The molecule has 1 aliphatic carbocycles. The number of amides is 2. The largest absolute Gasteiger partial charge is 0.327 e. The number of amidine groups is 1. The molecule has 1 fully saturated rings. The third kappa shape index (κ3) is 7.90. The fraction of sp³-hybridized carbons (Fsp3) is 0.308. The van der Waals surface area contributed by atoms with Crippen LogP contribution in [0.25, 0.3) is 0 Å². The lowest BCUT2D eigenvalue weighted by Crippen LogP contribution is -2.41. The van der Waals surface area contributed by atoms with E-state index >= 15 is 0 Å². The molecule has 0 aromatic heterocycles. The van der Waals surface area contributed by atoms with Crippen LogP contribution in [0.15, 0.2) is 70.0 Å². The molecule has 0 heterocycles. The Morgan fingerprint density at radius 3 is 2.58 bits per heavy atom. The number of nitrogens with one attached hydrogen (secondary N) is 1. The van der Waals surface area contributed by atoms with E-state index in [-0.39, 0.29) is 12.1 Å². The first-order valence-corrected chi connectivity index (χ1v) is 10.8. The van der Waals surface area contributed by atoms with Gasteiger partial charge in [-0.15, -0.1) is 0 Å². The Hall–Kier alpha value is -3.97. The molecule has 1 saturated carbocycles. The smallest absolute Gasteiger partial charge is 0.296 e. The maximum atomic E-state index is 13.8. The highest BCUT2D eigenvalue weighted by atomic mass is 19.1. The molecular weight excluding hydrogens is 417 g/mol. The molecule has 2 rings (SSSR count). The lowest BCUT2D eigenvalue weighted by Gasteiger charge is -2.24. The van der Waals surface area contributed by atoms with Crippen molar-refractivity contribution in [1.29, 1.82) is 10.5 Å². The number of urea groups is 1. The molecular formula is C26H28FN5O. The molecule has 0 radical (unpaired) electrons. The van der Waals surface area contributed by atoms with Gasteiger partial charge in [0.15, 0.2) is 0 Å². The van der Waals surface area contributed by atoms with Crippen molar-refractivity contribution in [2.24, 2.45) is 4.99 Å². The van der Waals surface area contributed by atoms with Gasteiger partial charge in [-0.25, -0.2) is 14.2 Å². The molecule has 1 aromatic carbocycles. The van der Waals surface area contributed by atoms with Crippen LogP contribution >= 0.6 is 0 Å². The average molecular weight is 446 g/mol. The molecule has 0 aliphatic heterocycles. The van der Waals surface area contributed by atoms with Crippen molar-refractivity contribution in [3.05, 3.63) is 82.0 Å². The van der Waals surface area contributed by atoms with E-state index in [0.717, 1.165) is 24.8 Å². The quantitative estimate of drug-likeness (QED) is 0.241. The number of rotatable bonds is 7. The summed E-state index contributed by atoms with van der Waals surface area (Å²) < 4.78 is 13.8. The van der Waals surface area contributed by atoms with Crippen LogP contribution in [0.2, 0.25) is 0 Å². The van der Waals surface area contributed by atoms with Crippen molar-refractivity contribution in [3.8, 4) is 12.1 Å². The number of nitrogens with zero attached hydrogens (tertiary/aromatic N) is 4. The monoisotopic (exact) mass is 445 g/mol. The number of allylic oxidation sites excluding steroid dienone is 6. The van der Waals surface area contributed by atoms with Gasteiger partial charge in [0.25, 0.3) is 0 Å². The predicted octanol–water partition coefficient (Wildman–Crippen LogP) is 6.02. The summed E-state index contributed by atoms with van der Waals surface area (Å²) >= 11 is 0. The van der Waals surface area contributed by atoms with Crippen LogP contribution in [0.3, 0.4) is 0 Å². The molecule has 7 heteroatoms. The molecule has 1 aliphatic rings. The molecule has 170 valence electrons. The topological polar surface area (TPSA) is 92.3 Å². The molecule has 0 unspecified atom stereocenters. The standard InChI is InChI=1S/C26H28FN5O/c1-5-18(3)11-22(14-28)13-24(6-2)32(17-21-9-10-25(27)23(12-21)15-29)26(33)31-19(4)30-16-20-7-8-20/h6,9-13,16H,5,7-8,17H2,1-4H3,(H,30,31,33)/b18-11+,22-13+,24-6+. The van der Waals surface area contributed by atoms with E-state index in [2.05, 4.69) is 16.4 Å². The minimum absolute atomic E-state index is 0.0700. The van der Waals surface area contributed by atoms with Crippen molar-refractivity contribution in [3.63, 3.8) is 0 Å². The van der Waals surface area contributed by atoms with Crippen molar-refractivity contribution in [2.75, 3.05) is 0 Å². The second-order valence-electron chi connectivity index (χ2n) is 7.71. The van der Waals surface area contributed by atoms with E-state index in [1.165, 1.54) is 28.7 Å². The maximum Gasteiger partial charge on any atom is 0.327 e. The summed E-state index contributed by atoms with van der Waals surface area (Å²) in [5.41, 5.74) is 3.62. The van der Waals surface area contributed by atoms with Crippen LogP contribution in [0.4, 0.5) is 9.18 Å². The van der Waals surface area contributed by atoms with Gasteiger partial charge in [-0.2, -0.15) is 10.5 Å². The molecule has 2 amide bonds. The van der Waals surface area contributed by atoms with E-state index in [4.69, 9.17) is 5.26 Å². The minimum Gasteiger partial charge on any atom is -0.296 e. The lowest BCUT2D eigenvalue weighted by molar-refractivity contribution is 0.215. The number of nitriles is 2. The van der Waals surface area contributed by atoms with E-state index < -0.39 is 11.8 Å². The minimum atomic E-state index is -0.619. The highest BCUT2D eigenvalue weighted by molar-refractivity contribution is 5.97. The number of hydrogen-bond acceptors (Lipinski definition) is 4. The van der Waals surface area contributed by atoms with Crippen LogP contribution in [0.1, 0.15) is 58.1 Å². The number of aliphatic imine (C=N–C) groups is 1. The highest BCUT2D eigenvalue weighted by Crippen LogP contribution is 2.27. The second kappa shape index (κ2) is 12.2. The van der Waals surface area contributed by atoms with Gasteiger partial charge in [0.2, 0.25) is 0 Å². The summed E-state index contributed by atoms with van der Waals surface area (Å²) in [6.45, 7) is 7.46. The van der Waals surface area contributed by atoms with Gasteiger partial charge < -0.3 is 0 Å².